The van der Waals surface area contributed by atoms with Crippen molar-refractivity contribution in [2.75, 3.05) is 19.4 Å². The largest absolute Gasteiger partial charge is 0.496 e. The van der Waals surface area contributed by atoms with E-state index in [1.165, 1.54) is 0 Å². The number of halogens is 1. The number of benzene rings is 1. The number of nitrogens with two attached hydrogens (primary N) is 1. The average molecular weight is 361 g/mol. The van der Waals surface area contributed by atoms with Crippen LogP contribution in [0.1, 0.15) is 27.7 Å². The zero-order valence-electron chi connectivity index (χ0n) is 14.6. The topological polar surface area (TPSA) is 64.3 Å². The number of ether oxygens (including phenoxy) is 1. The van der Waals surface area contributed by atoms with Crippen molar-refractivity contribution in [1.82, 2.24) is 5.32 Å². The summed E-state index contributed by atoms with van der Waals surface area (Å²) >= 11 is 1.74. The smallest absolute Gasteiger partial charge is 0.237 e. The van der Waals surface area contributed by atoms with Crippen molar-refractivity contribution in [3.05, 3.63) is 24.3 Å². The molecule has 0 saturated carbocycles. The van der Waals surface area contributed by atoms with Gasteiger partial charge in [0, 0.05) is 17.2 Å². The van der Waals surface area contributed by atoms with Crippen molar-refractivity contribution in [3.63, 3.8) is 0 Å². The maximum absolute atomic E-state index is 12.0. The number of hydrogen-bond acceptors (Lipinski definition) is 4. The molecule has 0 saturated heterocycles. The van der Waals surface area contributed by atoms with Crippen molar-refractivity contribution < 1.29 is 9.53 Å². The van der Waals surface area contributed by atoms with Gasteiger partial charge in [-0.3, -0.25) is 4.79 Å². The highest BCUT2D eigenvalue weighted by molar-refractivity contribution is 7.99. The number of rotatable bonds is 7. The molecule has 0 radical (unpaired) electrons. The fraction of sp³-hybridized carbons (Fsp3) is 0.588. The van der Waals surface area contributed by atoms with E-state index in [1.807, 2.05) is 45.0 Å². The number of methoxy groups -OCH3 is 1. The number of hydrogen-bond donors (Lipinski definition) is 2. The molecule has 0 spiro atoms. The van der Waals surface area contributed by atoms with Crippen LogP contribution in [0.3, 0.4) is 0 Å². The number of amides is 1. The molecule has 0 aliphatic carbocycles. The van der Waals surface area contributed by atoms with E-state index in [4.69, 9.17) is 10.5 Å². The standard InChI is InChI=1S/C17H28N2O2S.ClH/c1-12(10-19-16(20)15(18)17(2,3)4)11-22-14-9-7-6-8-13(14)21-5;/h6-9,12,15H,10-11,18H2,1-5H3,(H,19,20);1H/t12?,15-;/m1./s1. The van der Waals surface area contributed by atoms with E-state index in [0.29, 0.717) is 12.5 Å². The minimum atomic E-state index is -0.485. The Balaban J connectivity index is 0.00000484. The molecule has 1 aromatic rings. The minimum Gasteiger partial charge on any atom is -0.496 e. The van der Waals surface area contributed by atoms with E-state index in [1.54, 1.807) is 18.9 Å². The molecule has 1 rings (SSSR count). The van der Waals surface area contributed by atoms with Gasteiger partial charge in [-0.05, 0) is 23.5 Å². The van der Waals surface area contributed by atoms with Crippen LogP contribution in [0.15, 0.2) is 29.2 Å². The SMILES string of the molecule is COc1ccccc1SCC(C)CNC(=O)[C@@H](N)C(C)(C)C.Cl. The highest BCUT2D eigenvalue weighted by Crippen LogP contribution is 2.29. The highest BCUT2D eigenvalue weighted by atomic mass is 35.5. The maximum atomic E-state index is 12.0. The van der Waals surface area contributed by atoms with Gasteiger partial charge in [0.2, 0.25) is 5.91 Å². The van der Waals surface area contributed by atoms with Gasteiger partial charge in [0.05, 0.1) is 13.2 Å². The molecular formula is C17H29ClN2O2S. The molecule has 0 fully saturated rings. The monoisotopic (exact) mass is 360 g/mol. The maximum Gasteiger partial charge on any atom is 0.237 e. The van der Waals surface area contributed by atoms with Crippen LogP contribution in [0.4, 0.5) is 0 Å². The highest BCUT2D eigenvalue weighted by Gasteiger charge is 2.27. The lowest BCUT2D eigenvalue weighted by Gasteiger charge is -2.26. The number of carbonyl (C=O) groups is 1. The van der Waals surface area contributed by atoms with Gasteiger partial charge in [-0.15, -0.1) is 24.2 Å². The summed E-state index contributed by atoms with van der Waals surface area (Å²) in [5.74, 6) is 2.07. The molecule has 4 nitrogen and oxygen atoms in total. The second-order valence-electron chi connectivity index (χ2n) is 6.66. The lowest BCUT2D eigenvalue weighted by atomic mass is 9.87. The summed E-state index contributed by atoms with van der Waals surface area (Å²) in [6.45, 7) is 8.66. The molecule has 3 N–H and O–H groups in total. The lowest BCUT2D eigenvalue weighted by molar-refractivity contribution is -0.124. The van der Waals surface area contributed by atoms with Crippen molar-refractivity contribution in [3.8, 4) is 5.75 Å². The summed E-state index contributed by atoms with van der Waals surface area (Å²) in [5, 5.41) is 2.95. The Labute approximate surface area is 150 Å². The second-order valence-corrected chi connectivity index (χ2v) is 7.72. The van der Waals surface area contributed by atoms with Gasteiger partial charge in [-0.2, -0.15) is 0 Å². The number of para-hydroxylation sites is 1. The Morgan fingerprint density at radius 1 is 1.35 bits per heavy atom. The summed E-state index contributed by atoms with van der Waals surface area (Å²) in [4.78, 5) is 13.1. The minimum absolute atomic E-state index is 0. The summed E-state index contributed by atoms with van der Waals surface area (Å²) in [7, 11) is 1.68. The molecule has 0 aromatic heterocycles. The van der Waals surface area contributed by atoms with E-state index in [0.717, 1.165) is 16.4 Å². The van der Waals surface area contributed by atoms with Crippen LogP contribution in [0.5, 0.6) is 5.75 Å². The number of nitrogens with one attached hydrogen (secondary N) is 1. The number of carbonyl (C=O) groups excluding carboxylic acids is 1. The Bertz CT molecular complexity index is 492. The van der Waals surface area contributed by atoms with Gasteiger partial charge in [0.1, 0.15) is 5.75 Å². The van der Waals surface area contributed by atoms with Gasteiger partial charge < -0.3 is 15.8 Å². The Kier molecular flexibility index (Phi) is 9.66. The fourth-order valence-electron chi connectivity index (χ4n) is 1.81. The molecule has 2 atom stereocenters. The summed E-state index contributed by atoms with van der Waals surface area (Å²) in [6.07, 6.45) is 0. The average Bonchev–Trinajstić information content (AvgIpc) is 2.49. The van der Waals surface area contributed by atoms with E-state index < -0.39 is 6.04 Å². The molecule has 0 aliphatic heterocycles. The molecule has 23 heavy (non-hydrogen) atoms. The molecule has 1 amide bonds. The fourth-order valence-corrected chi connectivity index (χ4v) is 2.86. The van der Waals surface area contributed by atoms with Gasteiger partial charge in [-0.1, -0.05) is 39.8 Å². The molecule has 132 valence electrons. The van der Waals surface area contributed by atoms with Crippen LogP contribution in [0.2, 0.25) is 0 Å². The van der Waals surface area contributed by atoms with E-state index >= 15 is 0 Å². The Hall–Kier alpha value is -0.910. The van der Waals surface area contributed by atoms with E-state index in [9.17, 15) is 4.79 Å². The lowest BCUT2D eigenvalue weighted by Crippen LogP contribution is -2.49. The zero-order chi connectivity index (χ0) is 16.8. The predicted octanol–water partition coefficient (Wildman–Crippen LogP) is 3.33. The van der Waals surface area contributed by atoms with Crippen LogP contribution in [0, 0.1) is 11.3 Å². The zero-order valence-corrected chi connectivity index (χ0v) is 16.2. The molecule has 1 unspecified atom stereocenters. The summed E-state index contributed by atoms with van der Waals surface area (Å²) in [5.41, 5.74) is 5.73. The van der Waals surface area contributed by atoms with Gasteiger partial charge >= 0.3 is 0 Å². The molecule has 0 bridgehead atoms. The third-order valence-corrected chi connectivity index (χ3v) is 4.82. The molecule has 1 aromatic carbocycles. The van der Waals surface area contributed by atoms with Crippen molar-refractivity contribution in [2.45, 2.75) is 38.6 Å². The summed E-state index contributed by atoms with van der Waals surface area (Å²) < 4.78 is 5.34. The van der Waals surface area contributed by atoms with Crippen LogP contribution < -0.4 is 15.8 Å². The van der Waals surface area contributed by atoms with Gasteiger partial charge in [0.25, 0.3) is 0 Å². The third-order valence-electron chi connectivity index (χ3n) is 3.43. The number of thioether (sulfide) groups is 1. The second kappa shape index (κ2) is 10.1. The molecule has 0 aliphatic rings. The molecule has 0 heterocycles. The van der Waals surface area contributed by atoms with Crippen LogP contribution in [-0.2, 0) is 4.79 Å². The van der Waals surface area contributed by atoms with Crippen molar-refractivity contribution in [2.24, 2.45) is 17.1 Å². The molecular weight excluding hydrogens is 332 g/mol. The van der Waals surface area contributed by atoms with E-state index in [-0.39, 0.29) is 23.7 Å². The molecule has 6 heteroatoms. The first-order valence-corrected chi connectivity index (χ1v) is 8.53. The van der Waals surface area contributed by atoms with Gasteiger partial charge in [0.15, 0.2) is 0 Å². The first kappa shape index (κ1) is 22.1. The van der Waals surface area contributed by atoms with Crippen molar-refractivity contribution >= 4 is 30.1 Å². The van der Waals surface area contributed by atoms with Crippen LogP contribution in [-0.4, -0.2) is 31.4 Å². The first-order chi connectivity index (χ1) is 10.3. The Morgan fingerprint density at radius 2 is 1.96 bits per heavy atom. The predicted molar refractivity (Wildman–Crippen MR) is 101 cm³/mol. The third kappa shape index (κ3) is 7.46. The summed E-state index contributed by atoms with van der Waals surface area (Å²) in [6, 6.07) is 7.48. The van der Waals surface area contributed by atoms with Gasteiger partial charge in [-0.25, -0.2) is 0 Å². The van der Waals surface area contributed by atoms with Crippen LogP contribution >= 0.6 is 24.2 Å². The van der Waals surface area contributed by atoms with Crippen molar-refractivity contribution in [1.29, 1.82) is 0 Å². The normalized spacial score (nSPS) is 13.7. The van der Waals surface area contributed by atoms with Crippen LogP contribution in [0.25, 0.3) is 0 Å². The van der Waals surface area contributed by atoms with E-state index in [2.05, 4.69) is 12.2 Å². The first-order valence-electron chi connectivity index (χ1n) is 7.54. The Morgan fingerprint density at radius 3 is 2.52 bits per heavy atom. The quantitative estimate of drug-likeness (QED) is 0.732.